The third kappa shape index (κ3) is 24.4. The zero-order valence-electron chi connectivity index (χ0n) is 49.0. The van der Waals surface area contributed by atoms with Crippen LogP contribution in [0.4, 0.5) is 0 Å². The van der Waals surface area contributed by atoms with Crippen molar-refractivity contribution in [2.75, 3.05) is 39.6 Å². The van der Waals surface area contributed by atoms with E-state index >= 15 is 0 Å². The fourth-order valence-electron chi connectivity index (χ4n) is 10.7. The second kappa shape index (κ2) is 41.3. The number of unbranched alkanes of at least 4 members (excludes halogenated alkanes) is 26. The van der Waals surface area contributed by atoms with Gasteiger partial charge >= 0.3 is 11.9 Å². The van der Waals surface area contributed by atoms with E-state index in [2.05, 4.69) is 13.8 Å². The summed E-state index contributed by atoms with van der Waals surface area (Å²) in [6.45, 7) is 0.232. The Balaban J connectivity index is 0.000000443. The zero-order valence-corrected chi connectivity index (χ0v) is 49.0. The molecule has 18 atom stereocenters. The molecular weight excluding hydrogens is 1080 g/mol. The van der Waals surface area contributed by atoms with E-state index in [1.54, 1.807) is 0 Å². The van der Waals surface area contributed by atoms with Gasteiger partial charge in [-0.05, 0) is 12.8 Å². The summed E-state index contributed by atoms with van der Waals surface area (Å²) in [7, 11) is 0. The van der Waals surface area contributed by atoms with Crippen LogP contribution in [-0.2, 0) is 47.5 Å². The third-order valence-corrected chi connectivity index (χ3v) is 16.0. The fraction of sp³-hybridized carbons (Fsp3) is 0.966. The van der Waals surface area contributed by atoms with Gasteiger partial charge < -0.3 is 109 Å². The quantitative estimate of drug-likeness (QED) is 0.0307. The Morgan fingerprint density at radius 2 is 0.598 bits per heavy atom. The normalized spacial score (nSPS) is 33.8. The highest BCUT2D eigenvalue weighted by Gasteiger charge is 2.61. The van der Waals surface area contributed by atoms with Crippen LogP contribution in [0.15, 0.2) is 0 Å². The van der Waals surface area contributed by atoms with Gasteiger partial charge in [0.15, 0.2) is 12.6 Å². The minimum Gasteiger partial charge on any atom is -0.460 e. The monoisotopic (exact) mass is 1190 g/mol. The minimum absolute atomic E-state index is 0.119. The molecule has 0 spiro atoms. The van der Waals surface area contributed by atoms with Gasteiger partial charge in [0, 0.05) is 12.8 Å². The van der Waals surface area contributed by atoms with E-state index in [-0.39, 0.29) is 12.8 Å². The third-order valence-electron chi connectivity index (χ3n) is 16.0. The van der Waals surface area contributed by atoms with Crippen molar-refractivity contribution in [1.82, 2.24) is 0 Å². The predicted octanol–water partition coefficient (Wildman–Crippen LogP) is 2.05. The molecular formula is C58H108O24. The number of aliphatic hydroxyl groups is 14. The largest absolute Gasteiger partial charge is 0.460 e. The lowest BCUT2D eigenvalue weighted by molar-refractivity contribution is -0.383. The van der Waals surface area contributed by atoms with Gasteiger partial charge in [0.25, 0.3) is 0 Å². The first-order chi connectivity index (χ1) is 39.4. The molecule has 0 aromatic rings. The average molecular weight is 1190 g/mol. The van der Waals surface area contributed by atoms with Crippen LogP contribution in [0.1, 0.15) is 206 Å². The van der Waals surface area contributed by atoms with Crippen LogP contribution in [0, 0.1) is 0 Å². The van der Waals surface area contributed by atoms with Crippen molar-refractivity contribution in [3.63, 3.8) is 0 Å². The van der Waals surface area contributed by atoms with Crippen LogP contribution in [-0.4, -0.2) is 233 Å². The molecule has 14 N–H and O–H groups in total. The number of hydrogen-bond acceptors (Lipinski definition) is 24. The smallest absolute Gasteiger partial charge is 0.305 e. The summed E-state index contributed by atoms with van der Waals surface area (Å²) in [4.78, 5) is 24.8. The van der Waals surface area contributed by atoms with E-state index in [0.29, 0.717) is 12.8 Å². The molecule has 0 saturated carbocycles. The van der Waals surface area contributed by atoms with Crippen molar-refractivity contribution in [3.8, 4) is 0 Å². The Morgan fingerprint density at radius 1 is 0.341 bits per heavy atom. The van der Waals surface area contributed by atoms with Gasteiger partial charge in [-0.1, -0.05) is 181 Å². The molecule has 4 aliphatic heterocycles. The molecule has 24 nitrogen and oxygen atoms in total. The summed E-state index contributed by atoms with van der Waals surface area (Å²) in [6.07, 6.45) is 7.67. The molecule has 4 fully saturated rings. The first kappa shape index (κ1) is 74.4. The second-order valence-corrected chi connectivity index (χ2v) is 22.8. The zero-order chi connectivity index (χ0) is 60.5. The van der Waals surface area contributed by atoms with Gasteiger partial charge in [-0.2, -0.15) is 0 Å². The van der Waals surface area contributed by atoms with Gasteiger partial charge in [0.1, 0.15) is 98.7 Å². The summed E-state index contributed by atoms with van der Waals surface area (Å²) >= 11 is 0. The SMILES string of the molecule is CCCCCCCCCCCC(=O)OC[C@@]1(O[C@H]2O[C@H](CO)[C@@H](O)[C@H](O)[C@H]2O)O[C@H](CO)[C@@H](O)[C@@H]1O.CCCCCCCCCCCCCCCCCCCCCC(=O)OC[C@@]1(O[C@H]2O[C@H](CO)[C@@H](O)[C@H](O)[C@H]2O)O[C@H](CO)[C@@H](O)[C@@H]1O. The molecule has 4 heterocycles. The summed E-state index contributed by atoms with van der Waals surface area (Å²) in [6, 6.07) is 0. The Bertz CT molecular complexity index is 1650. The van der Waals surface area contributed by atoms with E-state index in [4.69, 9.17) is 37.9 Å². The van der Waals surface area contributed by atoms with Gasteiger partial charge in [0.2, 0.25) is 11.6 Å². The Morgan fingerprint density at radius 3 is 0.841 bits per heavy atom. The molecule has 484 valence electrons. The lowest BCUT2D eigenvalue weighted by atomic mass is 9.99. The number of rotatable bonds is 42. The summed E-state index contributed by atoms with van der Waals surface area (Å²) in [5.41, 5.74) is 0. The Kier molecular flexibility index (Phi) is 37.5. The van der Waals surface area contributed by atoms with Crippen molar-refractivity contribution >= 4 is 11.9 Å². The maximum Gasteiger partial charge on any atom is 0.305 e. The highest BCUT2D eigenvalue weighted by Crippen LogP contribution is 2.39. The van der Waals surface area contributed by atoms with E-state index in [0.717, 1.165) is 38.5 Å². The molecule has 82 heavy (non-hydrogen) atoms. The van der Waals surface area contributed by atoms with Gasteiger partial charge in [-0.3, -0.25) is 9.59 Å². The van der Waals surface area contributed by atoms with Gasteiger partial charge in [-0.15, -0.1) is 0 Å². The topological polar surface area (TPSA) is 391 Å². The number of esters is 2. The van der Waals surface area contributed by atoms with E-state index in [9.17, 15) is 81.1 Å². The first-order valence-electron chi connectivity index (χ1n) is 31.0. The summed E-state index contributed by atoms with van der Waals surface area (Å²) in [5, 5.41) is 141. The lowest BCUT2D eigenvalue weighted by Crippen LogP contribution is -2.62. The van der Waals surface area contributed by atoms with Crippen LogP contribution in [0.25, 0.3) is 0 Å². The maximum atomic E-state index is 12.5. The molecule has 24 heteroatoms. The predicted molar refractivity (Wildman–Crippen MR) is 295 cm³/mol. The van der Waals surface area contributed by atoms with Crippen LogP contribution in [0.3, 0.4) is 0 Å². The molecule has 4 saturated heterocycles. The number of carbonyl (C=O) groups excluding carboxylic acids is 2. The van der Waals surface area contributed by atoms with Crippen molar-refractivity contribution in [1.29, 1.82) is 0 Å². The van der Waals surface area contributed by atoms with Crippen LogP contribution in [0.5, 0.6) is 0 Å². The van der Waals surface area contributed by atoms with Gasteiger partial charge in [0.05, 0.1) is 26.4 Å². The van der Waals surface area contributed by atoms with Crippen molar-refractivity contribution in [2.45, 2.75) is 316 Å². The second-order valence-electron chi connectivity index (χ2n) is 22.8. The molecule has 4 aliphatic rings. The highest BCUT2D eigenvalue weighted by atomic mass is 16.8. The molecule has 4 rings (SSSR count). The number of hydrogen-bond donors (Lipinski definition) is 14. The lowest BCUT2D eigenvalue weighted by Gasteiger charge is -2.43. The Labute approximate surface area is 485 Å². The van der Waals surface area contributed by atoms with E-state index in [1.165, 1.54) is 128 Å². The van der Waals surface area contributed by atoms with Crippen molar-refractivity contribution < 1.29 is 119 Å². The number of carbonyl (C=O) groups is 2. The van der Waals surface area contributed by atoms with Gasteiger partial charge in [-0.25, -0.2) is 0 Å². The summed E-state index contributed by atoms with van der Waals surface area (Å²) < 4.78 is 43.5. The standard InChI is InChI=1S/C34H64O12.C24H44O12/c1-2-3-4-5-6-7-8-9-10-11-12-13-14-15-16-17-18-19-20-21-27(37)43-24-34(32(42)29(39)26(23-36)45-34)46-33-31(41)30(40)28(38)25(22-35)44-33;1-2-3-4-5-6-7-8-9-10-11-17(27)33-14-24(22(32)19(29)16(13-26)35-24)36-23-21(31)20(30)18(28)15(12-25)34-23/h25-26,28-33,35-36,38-42H,2-24H2,1H3;15-16,18-23,25-26,28-32H,2-14H2,1H3/t25-,26-,28-,29-,30+,31-,32+,33-,34+;15-,16-,18-,19-,20+,21-,22+,23-,24+/m11/s1. The summed E-state index contributed by atoms with van der Waals surface area (Å²) in [5.74, 6) is -5.66. The minimum atomic E-state index is -2.25. The molecule has 0 unspecified atom stereocenters. The fourth-order valence-corrected chi connectivity index (χ4v) is 10.7. The van der Waals surface area contributed by atoms with E-state index in [1.807, 2.05) is 0 Å². The van der Waals surface area contributed by atoms with Crippen LogP contribution < -0.4 is 0 Å². The maximum absolute atomic E-state index is 12.5. The van der Waals surface area contributed by atoms with Crippen molar-refractivity contribution in [3.05, 3.63) is 0 Å². The molecule has 0 aromatic heterocycles. The van der Waals surface area contributed by atoms with Crippen LogP contribution in [0.2, 0.25) is 0 Å². The molecule has 0 bridgehead atoms. The number of ether oxygens (including phenoxy) is 8. The first-order valence-corrected chi connectivity index (χ1v) is 31.0. The molecule has 0 radical (unpaired) electrons. The Hall–Kier alpha value is -1.86. The van der Waals surface area contributed by atoms with Crippen LogP contribution >= 0.6 is 0 Å². The average Bonchev–Trinajstić information content (AvgIpc) is 4.02. The molecule has 0 amide bonds. The highest BCUT2D eigenvalue weighted by molar-refractivity contribution is 5.69. The molecule has 0 aliphatic carbocycles. The van der Waals surface area contributed by atoms with Crippen molar-refractivity contribution in [2.24, 2.45) is 0 Å². The number of aliphatic hydroxyl groups excluding tert-OH is 14. The van der Waals surface area contributed by atoms with E-state index < -0.39 is 161 Å². The molecule has 0 aromatic carbocycles.